The Morgan fingerprint density at radius 2 is 2.32 bits per heavy atom. The fourth-order valence-electron chi connectivity index (χ4n) is 2.13. The number of aromatic nitrogens is 3. The van der Waals surface area contributed by atoms with Gasteiger partial charge in [0.15, 0.2) is 0 Å². The SMILES string of the molecule is CCn1ncc(Br)c1C(CCc1cccnc1)NN. The molecule has 0 radical (unpaired) electrons. The van der Waals surface area contributed by atoms with Crippen LogP contribution in [0.4, 0.5) is 0 Å². The fraction of sp³-hybridized carbons (Fsp3) is 0.385. The van der Waals surface area contributed by atoms with Crippen molar-refractivity contribution in [3.05, 3.63) is 46.5 Å². The zero-order valence-electron chi connectivity index (χ0n) is 10.9. The number of pyridine rings is 1. The number of hydrogen-bond acceptors (Lipinski definition) is 4. The molecule has 5 nitrogen and oxygen atoms in total. The van der Waals surface area contributed by atoms with E-state index in [0.717, 1.165) is 29.6 Å². The molecule has 0 saturated carbocycles. The summed E-state index contributed by atoms with van der Waals surface area (Å²) in [7, 11) is 0. The molecule has 1 atom stereocenters. The third-order valence-electron chi connectivity index (χ3n) is 3.11. The van der Waals surface area contributed by atoms with E-state index in [-0.39, 0.29) is 6.04 Å². The topological polar surface area (TPSA) is 68.8 Å². The number of aryl methyl sites for hydroxylation is 2. The summed E-state index contributed by atoms with van der Waals surface area (Å²) in [5, 5.41) is 4.32. The zero-order valence-corrected chi connectivity index (χ0v) is 12.5. The minimum atomic E-state index is 0.0667. The van der Waals surface area contributed by atoms with Gasteiger partial charge in [0.2, 0.25) is 0 Å². The fourth-order valence-corrected chi connectivity index (χ4v) is 2.70. The van der Waals surface area contributed by atoms with Crippen molar-refractivity contribution in [2.45, 2.75) is 32.4 Å². The predicted octanol–water partition coefficient (Wildman–Crippen LogP) is 2.20. The van der Waals surface area contributed by atoms with Gasteiger partial charge in [0.05, 0.1) is 22.4 Å². The minimum Gasteiger partial charge on any atom is -0.271 e. The van der Waals surface area contributed by atoms with Gasteiger partial charge in [0, 0.05) is 18.9 Å². The van der Waals surface area contributed by atoms with Crippen LogP contribution in [0, 0.1) is 0 Å². The largest absolute Gasteiger partial charge is 0.271 e. The second-order valence-corrected chi connectivity index (χ2v) is 5.17. The second kappa shape index (κ2) is 6.79. The maximum Gasteiger partial charge on any atom is 0.0709 e. The first-order valence-corrected chi connectivity index (χ1v) is 7.11. The van der Waals surface area contributed by atoms with Crippen LogP contribution in [-0.4, -0.2) is 14.8 Å². The summed E-state index contributed by atoms with van der Waals surface area (Å²) in [6, 6.07) is 4.09. The van der Waals surface area contributed by atoms with E-state index in [0.29, 0.717) is 0 Å². The molecule has 102 valence electrons. The Morgan fingerprint density at radius 1 is 1.47 bits per heavy atom. The summed E-state index contributed by atoms with van der Waals surface area (Å²) >= 11 is 3.53. The normalized spacial score (nSPS) is 12.6. The number of halogens is 1. The summed E-state index contributed by atoms with van der Waals surface area (Å²) in [5.74, 6) is 5.69. The Balaban J connectivity index is 2.10. The van der Waals surface area contributed by atoms with E-state index in [1.54, 1.807) is 6.20 Å². The van der Waals surface area contributed by atoms with Crippen LogP contribution in [0.15, 0.2) is 35.2 Å². The van der Waals surface area contributed by atoms with Crippen molar-refractivity contribution >= 4 is 15.9 Å². The monoisotopic (exact) mass is 323 g/mol. The number of nitrogens with zero attached hydrogens (tertiary/aromatic N) is 3. The number of hydrogen-bond donors (Lipinski definition) is 2. The van der Waals surface area contributed by atoms with Crippen LogP contribution in [0.25, 0.3) is 0 Å². The highest BCUT2D eigenvalue weighted by atomic mass is 79.9. The quantitative estimate of drug-likeness (QED) is 0.631. The highest BCUT2D eigenvalue weighted by Gasteiger charge is 2.18. The summed E-state index contributed by atoms with van der Waals surface area (Å²) in [5.41, 5.74) is 5.18. The lowest BCUT2D eigenvalue weighted by Crippen LogP contribution is -2.30. The molecular weight excluding hydrogens is 306 g/mol. The van der Waals surface area contributed by atoms with Crippen LogP contribution in [0.2, 0.25) is 0 Å². The van der Waals surface area contributed by atoms with Gasteiger partial charge in [-0.3, -0.25) is 20.9 Å². The van der Waals surface area contributed by atoms with Gasteiger partial charge >= 0.3 is 0 Å². The van der Waals surface area contributed by atoms with Crippen LogP contribution in [-0.2, 0) is 13.0 Å². The third-order valence-corrected chi connectivity index (χ3v) is 3.72. The maximum atomic E-state index is 5.69. The van der Waals surface area contributed by atoms with Crippen LogP contribution in [0.1, 0.15) is 30.6 Å². The van der Waals surface area contributed by atoms with Gasteiger partial charge in [0.25, 0.3) is 0 Å². The maximum absolute atomic E-state index is 5.69. The van der Waals surface area contributed by atoms with Crippen LogP contribution >= 0.6 is 15.9 Å². The average Bonchev–Trinajstić information content (AvgIpc) is 2.82. The molecule has 0 aliphatic heterocycles. The first-order valence-electron chi connectivity index (χ1n) is 6.32. The first-order chi connectivity index (χ1) is 9.26. The number of nitrogens with two attached hydrogens (primary N) is 1. The highest BCUT2D eigenvalue weighted by Crippen LogP contribution is 2.26. The van der Waals surface area contributed by atoms with Crippen molar-refractivity contribution in [3.8, 4) is 0 Å². The minimum absolute atomic E-state index is 0.0667. The molecule has 0 saturated heterocycles. The summed E-state index contributed by atoms with van der Waals surface area (Å²) in [6.07, 6.45) is 7.30. The summed E-state index contributed by atoms with van der Waals surface area (Å²) < 4.78 is 2.95. The lowest BCUT2D eigenvalue weighted by atomic mass is 10.0. The van der Waals surface area contributed by atoms with E-state index < -0.39 is 0 Å². The second-order valence-electron chi connectivity index (χ2n) is 4.31. The first kappa shape index (κ1) is 14.2. The molecule has 2 aromatic heterocycles. The molecule has 6 heteroatoms. The van der Waals surface area contributed by atoms with Gasteiger partial charge in [-0.1, -0.05) is 6.07 Å². The van der Waals surface area contributed by atoms with Gasteiger partial charge in [0.1, 0.15) is 0 Å². The molecule has 0 aliphatic carbocycles. The van der Waals surface area contributed by atoms with Crippen molar-refractivity contribution in [1.29, 1.82) is 0 Å². The Morgan fingerprint density at radius 3 is 2.95 bits per heavy atom. The highest BCUT2D eigenvalue weighted by molar-refractivity contribution is 9.10. The van der Waals surface area contributed by atoms with E-state index in [2.05, 4.69) is 44.4 Å². The standard InChI is InChI=1S/C13H18BrN5/c1-2-19-13(11(14)9-17-19)12(18-15)6-5-10-4-3-7-16-8-10/h3-4,7-9,12,18H,2,5-6,15H2,1H3. The summed E-state index contributed by atoms with van der Waals surface area (Å²) in [4.78, 5) is 4.12. The molecule has 0 fully saturated rings. The predicted molar refractivity (Wildman–Crippen MR) is 78.2 cm³/mol. The molecular formula is C13H18BrN5. The van der Waals surface area contributed by atoms with Gasteiger partial charge < -0.3 is 0 Å². The van der Waals surface area contributed by atoms with Gasteiger partial charge in [-0.15, -0.1) is 0 Å². The molecule has 0 spiro atoms. The van der Waals surface area contributed by atoms with E-state index in [9.17, 15) is 0 Å². The van der Waals surface area contributed by atoms with Gasteiger partial charge in [-0.05, 0) is 47.3 Å². The molecule has 0 bridgehead atoms. The molecule has 3 N–H and O–H groups in total. The average molecular weight is 324 g/mol. The van der Waals surface area contributed by atoms with E-state index >= 15 is 0 Å². The van der Waals surface area contributed by atoms with Gasteiger partial charge in [-0.2, -0.15) is 5.10 Å². The van der Waals surface area contributed by atoms with E-state index in [4.69, 9.17) is 5.84 Å². The van der Waals surface area contributed by atoms with Crippen LogP contribution < -0.4 is 11.3 Å². The van der Waals surface area contributed by atoms with Crippen molar-refractivity contribution in [1.82, 2.24) is 20.2 Å². The van der Waals surface area contributed by atoms with E-state index in [1.807, 2.05) is 23.1 Å². The van der Waals surface area contributed by atoms with Crippen molar-refractivity contribution in [3.63, 3.8) is 0 Å². The van der Waals surface area contributed by atoms with Crippen molar-refractivity contribution in [2.75, 3.05) is 0 Å². The van der Waals surface area contributed by atoms with Crippen LogP contribution in [0.3, 0.4) is 0 Å². The Kier molecular flexibility index (Phi) is 5.07. The smallest absolute Gasteiger partial charge is 0.0709 e. The molecule has 0 aromatic carbocycles. The molecule has 2 heterocycles. The zero-order chi connectivity index (χ0) is 13.7. The molecule has 0 aliphatic rings. The Hall–Kier alpha value is -1.24. The molecule has 2 rings (SSSR count). The number of rotatable bonds is 6. The number of nitrogens with one attached hydrogen (secondary N) is 1. The van der Waals surface area contributed by atoms with Crippen molar-refractivity contribution < 1.29 is 0 Å². The molecule has 19 heavy (non-hydrogen) atoms. The van der Waals surface area contributed by atoms with Crippen molar-refractivity contribution in [2.24, 2.45) is 5.84 Å². The Labute approximate surface area is 121 Å². The molecule has 0 amide bonds. The van der Waals surface area contributed by atoms with Crippen LogP contribution in [0.5, 0.6) is 0 Å². The summed E-state index contributed by atoms with van der Waals surface area (Å²) in [6.45, 7) is 2.89. The molecule has 2 aromatic rings. The third kappa shape index (κ3) is 3.40. The van der Waals surface area contributed by atoms with E-state index in [1.165, 1.54) is 5.56 Å². The lowest BCUT2D eigenvalue weighted by Gasteiger charge is -2.18. The Bertz CT molecular complexity index is 511. The lowest BCUT2D eigenvalue weighted by molar-refractivity contribution is 0.465. The van der Waals surface area contributed by atoms with Gasteiger partial charge in [-0.25, -0.2) is 0 Å². The number of hydrazine groups is 1. The molecule has 1 unspecified atom stereocenters.